The number of likely N-dealkylation sites (tertiary alicyclic amines) is 1. The Morgan fingerprint density at radius 2 is 1.68 bits per heavy atom. The van der Waals surface area contributed by atoms with Crippen LogP contribution in [0.2, 0.25) is 5.02 Å². The number of halogens is 1. The maximum atomic E-state index is 14.4. The molecule has 1 saturated carbocycles. The number of carbonyl (C=O) groups is 3. The average Bonchev–Trinajstić information content (AvgIpc) is 4.19. The Balaban J connectivity index is 0.762. The average molecular weight is 1010 g/mol. The number of hydrogen-bond acceptors (Lipinski definition) is 13. The lowest BCUT2D eigenvalue weighted by molar-refractivity contribution is -0.142. The van der Waals surface area contributed by atoms with Crippen LogP contribution in [0.4, 0.5) is 0 Å². The quantitative estimate of drug-likeness (QED) is 0.0947. The number of benzene rings is 2. The van der Waals surface area contributed by atoms with Crippen LogP contribution in [0.15, 0.2) is 95.1 Å². The molecule has 0 bridgehead atoms. The normalized spacial score (nSPS) is 20.2. The Hall–Kier alpha value is -7.02. The zero-order valence-electron chi connectivity index (χ0n) is 41.0. The molecule has 3 amide bonds. The largest absolute Gasteiger partial charge is 0.474 e. The lowest BCUT2D eigenvalue weighted by atomic mass is 9.89. The van der Waals surface area contributed by atoms with Gasteiger partial charge in [0, 0.05) is 82.5 Å². The molecule has 2 aromatic carbocycles. The maximum Gasteiger partial charge on any atom is 0.248 e. The minimum Gasteiger partial charge on any atom is -0.474 e. The molecule has 3 N–H and O–H groups in total. The van der Waals surface area contributed by atoms with Gasteiger partial charge >= 0.3 is 0 Å². The van der Waals surface area contributed by atoms with E-state index in [-0.39, 0.29) is 61.2 Å². The van der Waals surface area contributed by atoms with E-state index in [1.807, 2.05) is 106 Å². The van der Waals surface area contributed by atoms with Crippen LogP contribution < -0.4 is 15.4 Å². The minimum atomic E-state index is -0.859. The van der Waals surface area contributed by atoms with Gasteiger partial charge in [0.2, 0.25) is 23.6 Å². The number of carbonyl (C=O) groups excluding carboxylic acids is 3. The molecule has 1 aliphatic carbocycles. The number of rotatable bonds is 14. The third-order valence-corrected chi connectivity index (χ3v) is 15.4. The highest BCUT2D eigenvalue weighted by Gasteiger charge is 2.43. The molecule has 5 aromatic heterocycles. The standard InChI is InChI=1S/C53H56ClN11O6S/c1-27(2)48(52(69)63-25-40(66)21-43(63)51(68)58-29(4)33-8-10-35(11-9-33)49-30(5)56-26-70-49)64-24-37(23-57-64)36-16-17-55-45(18-36)71-41-19-39(20-41)59-44(67)22-42-50-62-61-32(7)65(50)53-46(28(3)31(6)72-53)47(60-42)34-12-14-38(54)15-13-34/h8-18,23-24,26-27,29,39-43,48,66H,19-22,25H2,1-7H3,(H,58,68)(H,59,67)/t29-,39?,40+,41?,42-,43-,48?/m0/s1. The number of aliphatic hydroxyl groups excluding tert-OH is 1. The number of thiophene rings is 1. The van der Waals surface area contributed by atoms with Crippen molar-refractivity contribution in [3.05, 3.63) is 135 Å². The van der Waals surface area contributed by atoms with Crippen LogP contribution in [0.5, 0.6) is 5.88 Å². The van der Waals surface area contributed by atoms with E-state index in [0.29, 0.717) is 35.3 Å². The molecule has 2 fully saturated rings. The zero-order valence-corrected chi connectivity index (χ0v) is 42.6. The van der Waals surface area contributed by atoms with E-state index in [0.717, 1.165) is 61.2 Å². The Bertz CT molecular complexity index is 3190. The molecule has 1 saturated heterocycles. The molecular formula is C53H56ClN11O6S. The van der Waals surface area contributed by atoms with Crippen molar-refractivity contribution < 1.29 is 28.6 Å². The van der Waals surface area contributed by atoms with Crippen molar-refractivity contribution in [1.82, 2.24) is 50.0 Å². The molecule has 19 heteroatoms. The topological polar surface area (TPSA) is 208 Å². The van der Waals surface area contributed by atoms with E-state index in [9.17, 15) is 19.5 Å². The fourth-order valence-corrected chi connectivity index (χ4v) is 11.3. The molecule has 10 rings (SSSR count). The number of amides is 3. The van der Waals surface area contributed by atoms with E-state index in [1.54, 1.807) is 28.4 Å². The summed E-state index contributed by atoms with van der Waals surface area (Å²) in [6, 6.07) is 16.4. The molecule has 17 nitrogen and oxygen atoms in total. The molecule has 5 atom stereocenters. The molecule has 7 heterocycles. The molecule has 1 unspecified atom stereocenters. The van der Waals surface area contributed by atoms with Gasteiger partial charge in [-0.25, -0.2) is 9.97 Å². The first-order valence-corrected chi connectivity index (χ1v) is 25.4. The Morgan fingerprint density at radius 1 is 0.931 bits per heavy atom. The smallest absolute Gasteiger partial charge is 0.248 e. The number of nitrogens with zero attached hydrogens (tertiary/aromatic N) is 9. The summed E-state index contributed by atoms with van der Waals surface area (Å²) in [5.41, 5.74) is 7.92. The number of aliphatic hydroxyl groups is 1. The van der Waals surface area contributed by atoms with E-state index < -0.39 is 24.2 Å². The number of nitrogens with one attached hydrogen (secondary N) is 2. The first-order chi connectivity index (χ1) is 34.6. The van der Waals surface area contributed by atoms with Crippen molar-refractivity contribution in [2.24, 2.45) is 10.9 Å². The molecule has 372 valence electrons. The molecule has 72 heavy (non-hydrogen) atoms. The number of aromatic nitrogens is 7. The van der Waals surface area contributed by atoms with Crippen molar-refractivity contribution in [3.8, 4) is 33.3 Å². The van der Waals surface area contributed by atoms with E-state index in [4.69, 9.17) is 25.7 Å². The SMILES string of the molecule is Cc1ncoc1-c1ccc([C@H](C)NC(=O)[C@@H]2C[C@@H](O)CN2C(=O)C(C(C)C)n2cc(-c3ccnc(OC4CC(NC(=O)C[C@@H]5N=C(c6ccc(Cl)cc6)c6c(sc(C)c6C)-n6c(C)nnc65)C4)c3)cn2)cc1. The number of ether oxygens (including phenoxy) is 1. The number of oxazole rings is 1. The second-order valence-electron chi connectivity index (χ2n) is 19.4. The first kappa shape index (κ1) is 48.6. The molecule has 0 radical (unpaired) electrons. The van der Waals surface area contributed by atoms with E-state index in [1.165, 1.54) is 16.2 Å². The van der Waals surface area contributed by atoms with Crippen LogP contribution in [-0.2, 0) is 14.4 Å². The highest BCUT2D eigenvalue weighted by atomic mass is 35.5. The van der Waals surface area contributed by atoms with Gasteiger partial charge in [-0.3, -0.25) is 28.6 Å². The summed E-state index contributed by atoms with van der Waals surface area (Å²) in [5, 5.41) is 32.3. The lowest BCUT2D eigenvalue weighted by Gasteiger charge is -2.35. The van der Waals surface area contributed by atoms with Crippen LogP contribution in [0.1, 0.15) is 109 Å². The number of pyridine rings is 1. The second kappa shape index (κ2) is 19.9. The fourth-order valence-electron chi connectivity index (χ4n) is 9.91. The van der Waals surface area contributed by atoms with Gasteiger partial charge in [-0.05, 0) is 75.4 Å². The van der Waals surface area contributed by atoms with Gasteiger partial charge in [0.25, 0.3) is 0 Å². The maximum absolute atomic E-state index is 14.4. The number of fused-ring (bicyclic) bond motifs is 3. The Kier molecular flexibility index (Phi) is 13.4. The van der Waals surface area contributed by atoms with Crippen molar-refractivity contribution >= 4 is 46.4 Å². The van der Waals surface area contributed by atoms with Crippen LogP contribution in [0.3, 0.4) is 0 Å². The summed E-state index contributed by atoms with van der Waals surface area (Å²) >= 11 is 7.95. The summed E-state index contributed by atoms with van der Waals surface area (Å²) in [6.07, 6.45) is 6.98. The third kappa shape index (κ3) is 9.57. The Morgan fingerprint density at radius 3 is 2.40 bits per heavy atom. The van der Waals surface area contributed by atoms with Gasteiger partial charge in [0.1, 0.15) is 35.1 Å². The van der Waals surface area contributed by atoms with Crippen LogP contribution in [-0.4, -0.2) is 98.8 Å². The molecule has 7 aromatic rings. The first-order valence-electron chi connectivity index (χ1n) is 24.2. The van der Waals surface area contributed by atoms with Crippen molar-refractivity contribution in [2.75, 3.05) is 6.54 Å². The monoisotopic (exact) mass is 1010 g/mol. The number of aliphatic imine (C=N–C) groups is 1. The molecular weight excluding hydrogens is 954 g/mol. The summed E-state index contributed by atoms with van der Waals surface area (Å²) in [7, 11) is 0. The molecule has 3 aliphatic rings. The number of aryl methyl sites for hydroxylation is 3. The molecule has 0 spiro atoms. The van der Waals surface area contributed by atoms with Crippen molar-refractivity contribution in [1.29, 1.82) is 0 Å². The number of β-amino-alcohol motifs (C(OH)–C–C–N with tert-alkyl or cyclic N) is 1. The lowest BCUT2D eigenvalue weighted by Crippen LogP contribution is -2.49. The number of hydrogen-bond donors (Lipinski definition) is 3. The van der Waals surface area contributed by atoms with E-state index in [2.05, 4.69) is 49.7 Å². The van der Waals surface area contributed by atoms with Crippen LogP contribution in [0, 0.1) is 33.6 Å². The highest BCUT2D eigenvalue weighted by Crippen LogP contribution is 2.40. The van der Waals surface area contributed by atoms with Gasteiger partial charge in [0.05, 0.1) is 36.2 Å². The Labute approximate surface area is 425 Å². The van der Waals surface area contributed by atoms with Gasteiger partial charge in [-0.2, -0.15) is 5.10 Å². The molecule has 2 aliphatic heterocycles. The van der Waals surface area contributed by atoms with Crippen LogP contribution in [0.25, 0.3) is 27.5 Å². The van der Waals surface area contributed by atoms with Gasteiger partial charge in [-0.15, -0.1) is 21.5 Å². The predicted molar refractivity (Wildman–Crippen MR) is 272 cm³/mol. The van der Waals surface area contributed by atoms with Crippen molar-refractivity contribution in [3.63, 3.8) is 0 Å². The van der Waals surface area contributed by atoms with Crippen LogP contribution >= 0.6 is 22.9 Å². The fraction of sp³-hybridized carbons (Fsp3) is 0.377. The summed E-state index contributed by atoms with van der Waals surface area (Å²) in [6.45, 7) is 13.8. The van der Waals surface area contributed by atoms with Crippen molar-refractivity contribution in [2.45, 2.75) is 117 Å². The van der Waals surface area contributed by atoms with Gasteiger partial charge in [0.15, 0.2) is 18.0 Å². The predicted octanol–water partition coefficient (Wildman–Crippen LogP) is 8.17. The summed E-state index contributed by atoms with van der Waals surface area (Å²) in [5.74, 6) is 1.49. The minimum absolute atomic E-state index is 0.0331. The van der Waals surface area contributed by atoms with Gasteiger partial charge < -0.3 is 29.8 Å². The second-order valence-corrected chi connectivity index (χ2v) is 21.0. The summed E-state index contributed by atoms with van der Waals surface area (Å²) in [4.78, 5) is 58.5. The summed E-state index contributed by atoms with van der Waals surface area (Å²) < 4.78 is 15.5. The zero-order chi connectivity index (χ0) is 50.5. The van der Waals surface area contributed by atoms with Gasteiger partial charge in [-0.1, -0.05) is 61.8 Å². The van der Waals surface area contributed by atoms with E-state index >= 15 is 0 Å². The third-order valence-electron chi connectivity index (χ3n) is 14.0. The highest BCUT2D eigenvalue weighted by molar-refractivity contribution is 7.15.